The van der Waals surface area contributed by atoms with E-state index in [2.05, 4.69) is 23.6 Å². The zero-order chi connectivity index (χ0) is 12.1. The molecule has 0 saturated carbocycles. The highest BCUT2D eigenvalue weighted by molar-refractivity contribution is 4.82. The number of piperidine rings is 1. The van der Waals surface area contributed by atoms with Gasteiger partial charge in [-0.05, 0) is 13.1 Å². The molecule has 1 spiro atoms. The van der Waals surface area contributed by atoms with Crippen molar-refractivity contribution >= 4 is 0 Å². The van der Waals surface area contributed by atoms with E-state index in [1.165, 1.54) is 13.1 Å². The molecule has 0 radical (unpaired) electrons. The SMILES string of the molecule is CCN(CC)CCN1CCC2(CC1)OCCO2. The quantitative estimate of drug-likeness (QED) is 0.722. The fourth-order valence-electron chi connectivity index (χ4n) is 2.73. The first-order chi connectivity index (χ1) is 8.28. The Balaban J connectivity index is 1.68. The van der Waals surface area contributed by atoms with E-state index in [-0.39, 0.29) is 5.79 Å². The third kappa shape index (κ3) is 3.41. The van der Waals surface area contributed by atoms with E-state index in [9.17, 15) is 0 Å². The van der Waals surface area contributed by atoms with Crippen LogP contribution >= 0.6 is 0 Å². The Kier molecular flexibility index (Phi) is 4.79. The maximum absolute atomic E-state index is 5.74. The highest BCUT2D eigenvalue weighted by Crippen LogP contribution is 2.30. The summed E-state index contributed by atoms with van der Waals surface area (Å²) >= 11 is 0. The largest absolute Gasteiger partial charge is 0.347 e. The molecule has 2 fully saturated rings. The van der Waals surface area contributed by atoms with Crippen molar-refractivity contribution in [2.75, 3.05) is 52.5 Å². The molecule has 2 rings (SSSR count). The first kappa shape index (κ1) is 13.3. The van der Waals surface area contributed by atoms with Gasteiger partial charge >= 0.3 is 0 Å². The highest BCUT2D eigenvalue weighted by Gasteiger charge is 2.39. The summed E-state index contributed by atoms with van der Waals surface area (Å²) in [5, 5.41) is 0. The maximum atomic E-state index is 5.74. The minimum atomic E-state index is -0.217. The van der Waals surface area contributed by atoms with Crippen molar-refractivity contribution in [3.63, 3.8) is 0 Å². The van der Waals surface area contributed by atoms with Gasteiger partial charge in [0.1, 0.15) is 0 Å². The summed E-state index contributed by atoms with van der Waals surface area (Å²) in [5.74, 6) is -0.217. The van der Waals surface area contributed by atoms with E-state index in [1.54, 1.807) is 0 Å². The van der Waals surface area contributed by atoms with Gasteiger partial charge in [-0.25, -0.2) is 0 Å². The summed E-state index contributed by atoms with van der Waals surface area (Å²) in [6.07, 6.45) is 2.07. The summed E-state index contributed by atoms with van der Waals surface area (Å²) in [6.45, 7) is 12.9. The Labute approximate surface area is 105 Å². The third-order valence-electron chi connectivity index (χ3n) is 4.06. The minimum Gasteiger partial charge on any atom is -0.347 e. The lowest BCUT2D eigenvalue weighted by molar-refractivity contribution is -0.185. The van der Waals surface area contributed by atoms with E-state index in [1.807, 2.05) is 0 Å². The second kappa shape index (κ2) is 6.14. The molecule has 0 atom stereocenters. The average Bonchev–Trinajstić information content (AvgIpc) is 2.81. The van der Waals surface area contributed by atoms with Crippen molar-refractivity contribution < 1.29 is 9.47 Å². The Hall–Kier alpha value is -0.160. The van der Waals surface area contributed by atoms with Crippen molar-refractivity contribution in [3.05, 3.63) is 0 Å². The summed E-state index contributed by atoms with van der Waals surface area (Å²) in [6, 6.07) is 0. The Morgan fingerprint density at radius 2 is 1.65 bits per heavy atom. The van der Waals surface area contributed by atoms with Crippen LogP contribution in [-0.4, -0.2) is 68.1 Å². The van der Waals surface area contributed by atoms with Crippen LogP contribution in [-0.2, 0) is 9.47 Å². The van der Waals surface area contributed by atoms with Crippen LogP contribution in [0.1, 0.15) is 26.7 Å². The van der Waals surface area contributed by atoms with Crippen LogP contribution in [0.2, 0.25) is 0 Å². The number of nitrogens with zero attached hydrogens (tertiary/aromatic N) is 2. The molecule has 0 aromatic rings. The topological polar surface area (TPSA) is 24.9 Å². The van der Waals surface area contributed by atoms with Crippen LogP contribution < -0.4 is 0 Å². The van der Waals surface area contributed by atoms with Gasteiger partial charge < -0.3 is 19.3 Å². The van der Waals surface area contributed by atoms with Gasteiger partial charge in [-0.2, -0.15) is 0 Å². The fourth-order valence-corrected chi connectivity index (χ4v) is 2.73. The monoisotopic (exact) mass is 242 g/mol. The van der Waals surface area contributed by atoms with E-state index < -0.39 is 0 Å². The first-order valence-electron chi connectivity index (χ1n) is 7.00. The van der Waals surface area contributed by atoms with E-state index >= 15 is 0 Å². The van der Waals surface area contributed by atoms with Crippen molar-refractivity contribution in [2.45, 2.75) is 32.5 Å². The number of rotatable bonds is 5. The van der Waals surface area contributed by atoms with Crippen molar-refractivity contribution in [2.24, 2.45) is 0 Å². The van der Waals surface area contributed by atoms with E-state index in [4.69, 9.17) is 9.47 Å². The molecule has 0 N–H and O–H groups in total. The number of ether oxygens (including phenoxy) is 2. The second-order valence-electron chi connectivity index (χ2n) is 4.98. The molecule has 0 amide bonds. The molecule has 0 bridgehead atoms. The number of hydrogen-bond donors (Lipinski definition) is 0. The van der Waals surface area contributed by atoms with Gasteiger partial charge in [-0.15, -0.1) is 0 Å². The molecular weight excluding hydrogens is 216 g/mol. The van der Waals surface area contributed by atoms with Crippen LogP contribution in [0.5, 0.6) is 0 Å². The Morgan fingerprint density at radius 3 is 2.18 bits per heavy atom. The minimum absolute atomic E-state index is 0.217. The molecule has 2 saturated heterocycles. The molecule has 0 unspecified atom stereocenters. The predicted molar refractivity (Wildman–Crippen MR) is 68.1 cm³/mol. The van der Waals surface area contributed by atoms with E-state index in [0.717, 1.165) is 52.2 Å². The second-order valence-corrected chi connectivity index (χ2v) is 4.98. The van der Waals surface area contributed by atoms with Gasteiger partial charge in [-0.3, -0.25) is 0 Å². The Bertz CT molecular complexity index is 213. The van der Waals surface area contributed by atoms with Gasteiger partial charge in [0.15, 0.2) is 5.79 Å². The fraction of sp³-hybridized carbons (Fsp3) is 1.00. The molecule has 0 aliphatic carbocycles. The summed E-state index contributed by atoms with van der Waals surface area (Å²) in [7, 11) is 0. The molecule has 17 heavy (non-hydrogen) atoms. The molecule has 100 valence electrons. The van der Waals surface area contributed by atoms with Crippen molar-refractivity contribution in [1.29, 1.82) is 0 Å². The van der Waals surface area contributed by atoms with Gasteiger partial charge in [0, 0.05) is 39.0 Å². The van der Waals surface area contributed by atoms with Crippen LogP contribution in [0.4, 0.5) is 0 Å². The zero-order valence-corrected chi connectivity index (χ0v) is 11.3. The lowest BCUT2D eigenvalue weighted by atomic mass is 10.0. The molecule has 2 heterocycles. The number of hydrogen-bond acceptors (Lipinski definition) is 4. The Morgan fingerprint density at radius 1 is 1.06 bits per heavy atom. The van der Waals surface area contributed by atoms with Gasteiger partial charge in [0.05, 0.1) is 13.2 Å². The standard InChI is InChI=1S/C13H26N2O2/c1-3-14(4-2)9-10-15-7-5-13(6-8-15)16-11-12-17-13/h3-12H2,1-2H3. The molecule has 2 aliphatic rings. The lowest BCUT2D eigenvalue weighted by Crippen LogP contribution is -2.47. The molecule has 2 aliphatic heterocycles. The molecule has 4 nitrogen and oxygen atoms in total. The zero-order valence-electron chi connectivity index (χ0n) is 11.3. The molecule has 4 heteroatoms. The molecule has 0 aromatic carbocycles. The number of likely N-dealkylation sites (N-methyl/N-ethyl adjacent to an activating group) is 1. The van der Waals surface area contributed by atoms with Gasteiger partial charge in [0.2, 0.25) is 0 Å². The smallest absolute Gasteiger partial charge is 0.170 e. The molecule has 0 aromatic heterocycles. The van der Waals surface area contributed by atoms with Crippen LogP contribution in [0.3, 0.4) is 0 Å². The first-order valence-corrected chi connectivity index (χ1v) is 7.00. The van der Waals surface area contributed by atoms with Crippen molar-refractivity contribution in [1.82, 2.24) is 9.80 Å². The predicted octanol–water partition coefficient (Wildman–Crippen LogP) is 1.17. The summed E-state index contributed by atoms with van der Waals surface area (Å²) in [4.78, 5) is 5.02. The van der Waals surface area contributed by atoms with E-state index in [0.29, 0.717) is 0 Å². The van der Waals surface area contributed by atoms with Crippen LogP contribution in [0.25, 0.3) is 0 Å². The number of likely N-dealkylation sites (tertiary alicyclic amines) is 1. The maximum Gasteiger partial charge on any atom is 0.170 e. The highest BCUT2D eigenvalue weighted by atomic mass is 16.7. The third-order valence-corrected chi connectivity index (χ3v) is 4.06. The molecular formula is C13H26N2O2. The van der Waals surface area contributed by atoms with Gasteiger partial charge in [-0.1, -0.05) is 13.8 Å². The van der Waals surface area contributed by atoms with Crippen molar-refractivity contribution in [3.8, 4) is 0 Å². The normalized spacial score (nSPS) is 24.9. The van der Waals surface area contributed by atoms with Crippen LogP contribution in [0.15, 0.2) is 0 Å². The van der Waals surface area contributed by atoms with Gasteiger partial charge in [0.25, 0.3) is 0 Å². The lowest BCUT2D eigenvalue weighted by Gasteiger charge is -2.38. The summed E-state index contributed by atoms with van der Waals surface area (Å²) in [5.41, 5.74) is 0. The average molecular weight is 242 g/mol. The van der Waals surface area contributed by atoms with Crippen LogP contribution in [0, 0.1) is 0 Å². The summed E-state index contributed by atoms with van der Waals surface area (Å²) < 4.78 is 11.5.